The molecule has 6 heteroatoms. The third kappa shape index (κ3) is 4.02. The maximum absolute atomic E-state index is 5.48. The van der Waals surface area contributed by atoms with Crippen LogP contribution in [0.1, 0.15) is 12.0 Å². The zero-order chi connectivity index (χ0) is 17.8. The highest BCUT2D eigenvalue weighted by Gasteiger charge is 2.27. The average Bonchev–Trinajstić information content (AvgIpc) is 3.10. The van der Waals surface area contributed by atoms with E-state index in [0.717, 1.165) is 43.4 Å². The van der Waals surface area contributed by atoms with Gasteiger partial charge in [-0.25, -0.2) is 9.97 Å². The maximum atomic E-state index is 5.48. The molecule has 0 bridgehead atoms. The van der Waals surface area contributed by atoms with Crippen LogP contribution in [0.4, 0.5) is 11.6 Å². The van der Waals surface area contributed by atoms with Crippen LogP contribution >= 0.6 is 0 Å². The molecule has 134 valence electrons. The molecule has 0 spiro atoms. The Balaban J connectivity index is 1.65. The highest BCUT2D eigenvalue weighted by Crippen LogP contribution is 2.25. The zero-order valence-electron chi connectivity index (χ0n) is 15.5. The van der Waals surface area contributed by atoms with Gasteiger partial charge in [0.25, 0.3) is 0 Å². The summed E-state index contributed by atoms with van der Waals surface area (Å²) in [6.07, 6.45) is 2.77. The number of para-hydroxylation sites is 1. The largest absolute Gasteiger partial charge is 0.496 e. The van der Waals surface area contributed by atoms with Crippen molar-refractivity contribution in [2.45, 2.75) is 19.0 Å². The van der Waals surface area contributed by atoms with Crippen molar-refractivity contribution in [2.24, 2.45) is 0 Å². The topological polar surface area (TPSA) is 44.7 Å². The number of hydrogen-bond donors (Lipinski definition) is 0. The number of hydrogen-bond acceptors (Lipinski definition) is 6. The van der Waals surface area contributed by atoms with E-state index in [4.69, 9.17) is 4.74 Å². The number of aromatic nitrogens is 2. The number of ether oxygens (including phenoxy) is 1. The number of nitrogens with zero attached hydrogens (tertiary/aromatic N) is 5. The van der Waals surface area contributed by atoms with Gasteiger partial charge in [0, 0.05) is 58.4 Å². The lowest BCUT2D eigenvalue weighted by Gasteiger charge is -2.26. The summed E-state index contributed by atoms with van der Waals surface area (Å²) >= 11 is 0. The summed E-state index contributed by atoms with van der Waals surface area (Å²) in [4.78, 5) is 15.5. The van der Waals surface area contributed by atoms with E-state index in [0.29, 0.717) is 6.04 Å². The second kappa shape index (κ2) is 7.70. The lowest BCUT2D eigenvalue weighted by atomic mass is 10.2. The van der Waals surface area contributed by atoms with Gasteiger partial charge in [0.15, 0.2) is 0 Å². The third-order valence-electron chi connectivity index (χ3n) is 4.84. The molecule has 1 unspecified atom stereocenters. The SMILES string of the molecule is COc1ccccc1CN1CCC(N(C)c2cc(N(C)C)ncn2)C1. The number of methoxy groups -OCH3 is 1. The Kier molecular flexibility index (Phi) is 5.38. The highest BCUT2D eigenvalue weighted by molar-refractivity contribution is 5.49. The first-order valence-electron chi connectivity index (χ1n) is 8.65. The first-order valence-corrected chi connectivity index (χ1v) is 8.65. The normalized spacial score (nSPS) is 17.5. The van der Waals surface area contributed by atoms with E-state index in [2.05, 4.69) is 38.9 Å². The number of rotatable bonds is 6. The van der Waals surface area contributed by atoms with Crippen molar-refractivity contribution in [2.75, 3.05) is 51.1 Å². The molecule has 1 aromatic carbocycles. The minimum absolute atomic E-state index is 0.458. The minimum atomic E-state index is 0.458. The Morgan fingerprint density at radius 2 is 1.92 bits per heavy atom. The molecule has 1 saturated heterocycles. The molecule has 1 aliphatic rings. The molecule has 1 aliphatic heterocycles. The molecule has 0 saturated carbocycles. The Morgan fingerprint density at radius 3 is 2.68 bits per heavy atom. The number of likely N-dealkylation sites (tertiary alicyclic amines) is 1. The van der Waals surface area contributed by atoms with Crippen LogP contribution in [0, 0.1) is 0 Å². The highest BCUT2D eigenvalue weighted by atomic mass is 16.5. The molecule has 1 aromatic heterocycles. The quantitative estimate of drug-likeness (QED) is 0.803. The lowest BCUT2D eigenvalue weighted by Crippen LogP contribution is -2.35. The Hall–Kier alpha value is -2.34. The summed E-state index contributed by atoms with van der Waals surface area (Å²) in [5.74, 6) is 2.87. The predicted molar refractivity (Wildman–Crippen MR) is 101 cm³/mol. The van der Waals surface area contributed by atoms with Crippen LogP contribution in [0.25, 0.3) is 0 Å². The van der Waals surface area contributed by atoms with E-state index in [1.807, 2.05) is 37.2 Å². The molecule has 1 atom stereocenters. The van der Waals surface area contributed by atoms with Crippen LogP contribution in [0.5, 0.6) is 5.75 Å². The fourth-order valence-electron chi connectivity index (χ4n) is 3.31. The Labute approximate surface area is 150 Å². The minimum Gasteiger partial charge on any atom is -0.496 e. The van der Waals surface area contributed by atoms with Crippen molar-refractivity contribution in [1.82, 2.24) is 14.9 Å². The smallest absolute Gasteiger partial charge is 0.134 e. The molecule has 25 heavy (non-hydrogen) atoms. The summed E-state index contributed by atoms with van der Waals surface area (Å²) in [5, 5.41) is 0. The fraction of sp³-hybridized carbons (Fsp3) is 0.474. The monoisotopic (exact) mass is 341 g/mol. The van der Waals surface area contributed by atoms with Crippen molar-refractivity contribution >= 4 is 11.6 Å². The summed E-state index contributed by atoms with van der Waals surface area (Å²) in [7, 11) is 7.85. The van der Waals surface area contributed by atoms with Gasteiger partial charge in [-0.3, -0.25) is 4.90 Å². The zero-order valence-corrected chi connectivity index (χ0v) is 15.5. The van der Waals surface area contributed by atoms with Crippen LogP contribution in [0.3, 0.4) is 0 Å². The average molecular weight is 341 g/mol. The second-order valence-electron chi connectivity index (χ2n) is 6.73. The van der Waals surface area contributed by atoms with Gasteiger partial charge in [-0.2, -0.15) is 0 Å². The van der Waals surface area contributed by atoms with Crippen molar-refractivity contribution in [3.8, 4) is 5.75 Å². The standard InChI is InChI=1S/C19H27N5O/c1-22(2)18-11-19(21-14-20-18)23(3)16-9-10-24(13-16)12-15-7-5-6-8-17(15)25-4/h5-8,11,14,16H,9-10,12-13H2,1-4H3. The molecule has 0 radical (unpaired) electrons. The Morgan fingerprint density at radius 1 is 1.16 bits per heavy atom. The van der Waals surface area contributed by atoms with E-state index in [1.165, 1.54) is 5.56 Å². The molecule has 0 N–H and O–H groups in total. The van der Waals surface area contributed by atoms with E-state index < -0.39 is 0 Å². The predicted octanol–water partition coefficient (Wildman–Crippen LogP) is 2.26. The maximum Gasteiger partial charge on any atom is 0.134 e. The van der Waals surface area contributed by atoms with Crippen LogP contribution in [0.15, 0.2) is 36.7 Å². The van der Waals surface area contributed by atoms with Crippen molar-refractivity contribution in [3.05, 3.63) is 42.2 Å². The van der Waals surface area contributed by atoms with Crippen LogP contribution < -0.4 is 14.5 Å². The molecule has 6 nitrogen and oxygen atoms in total. The molecule has 0 amide bonds. The van der Waals surface area contributed by atoms with Gasteiger partial charge in [-0.15, -0.1) is 0 Å². The summed E-state index contributed by atoms with van der Waals surface area (Å²) in [5.41, 5.74) is 1.24. The summed E-state index contributed by atoms with van der Waals surface area (Å²) in [6, 6.07) is 10.8. The molecule has 0 aliphatic carbocycles. The fourth-order valence-corrected chi connectivity index (χ4v) is 3.31. The van der Waals surface area contributed by atoms with E-state index in [-0.39, 0.29) is 0 Å². The van der Waals surface area contributed by atoms with Crippen LogP contribution in [0.2, 0.25) is 0 Å². The molecular weight excluding hydrogens is 314 g/mol. The molecule has 1 fully saturated rings. The lowest BCUT2D eigenvalue weighted by molar-refractivity contribution is 0.316. The van der Waals surface area contributed by atoms with Crippen molar-refractivity contribution < 1.29 is 4.74 Å². The van der Waals surface area contributed by atoms with Gasteiger partial charge in [0.05, 0.1) is 7.11 Å². The summed E-state index contributed by atoms with van der Waals surface area (Å²) < 4.78 is 5.48. The molecule has 2 heterocycles. The van der Waals surface area contributed by atoms with E-state index in [9.17, 15) is 0 Å². The van der Waals surface area contributed by atoms with Crippen LogP contribution in [-0.2, 0) is 6.54 Å². The van der Waals surface area contributed by atoms with Gasteiger partial charge >= 0.3 is 0 Å². The van der Waals surface area contributed by atoms with E-state index in [1.54, 1.807) is 13.4 Å². The van der Waals surface area contributed by atoms with Gasteiger partial charge in [0.1, 0.15) is 23.7 Å². The van der Waals surface area contributed by atoms with Gasteiger partial charge in [-0.05, 0) is 12.5 Å². The van der Waals surface area contributed by atoms with Gasteiger partial charge < -0.3 is 14.5 Å². The molecule has 3 rings (SSSR count). The van der Waals surface area contributed by atoms with E-state index >= 15 is 0 Å². The van der Waals surface area contributed by atoms with Gasteiger partial charge in [0.2, 0.25) is 0 Å². The van der Waals surface area contributed by atoms with Gasteiger partial charge in [-0.1, -0.05) is 18.2 Å². The molecule has 2 aromatic rings. The van der Waals surface area contributed by atoms with Crippen molar-refractivity contribution in [1.29, 1.82) is 0 Å². The Bertz CT molecular complexity index is 706. The van der Waals surface area contributed by atoms with Crippen molar-refractivity contribution in [3.63, 3.8) is 0 Å². The third-order valence-corrected chi connectivity index (χ3v) is 4.84. The first-order chi connectivity index (χ1) is 12.1. The second-order valence-corrected chi connectivity index (χ2v) is 6.73. The number of anilines is 2. The molecular formula is C19H27N5O. The number of likely N-dealkylation sites (N-methyl/N-ethyl adjacent to an activating group) is 1. The first kappa shape index (κ1) is 17.5. The summed E-state index contributed by atoms with van der Waals surface area (Å²) in [6.45, 7) is 3.02. The van der Waals surface area contributed by atoms with Crippen LogP contribution in [-0.4, -0.2) is 62.3 Å². The number of benzene rings is 1.